The Kier molecular flexibility index (Phi) is 5.85. The van der Waals surface area contributed by atoms with E-state index in [1.807, 2.05) is 24.3 Å². The highest BCUT2D eigenvalue weighted by Crippen LogP contribution is 2.53. The van der Waals surface area contributed by atoms with Crippen LogP contribution < -0.4 is 0 Å². The second kappa shape index (κ2) is 10.1. The fourth-order valence-electron chi connectivity index (χ4n) is 7.46. The van der Waals surface area contributed by atoms with Gasteiger partial charge in [-0.15, -0.1) is 0 Å². The van der Waals surface area contributed by atoms with Crippen LogP contribution in [0.4, 0.5) is 0 Å². The minimum absolute atomic E-state index is 0.0931. The summed E-state index contributed by atoms with van der Waals surface area (Å²) < 4.78 is 2.42. The summed E-state index contributed by atoms with van der Waals surface area (Å²) in [6.07, 6.45) is 0. The summed E-state index contributed by atoms with van der Waals surface area (Å²) in [5.41, 5.74) is 13.9. The number of aromatic nitrogens is 3. The predicted molar refractivity (Wildman–Crippen MR) is 190 cm³/mol. The van der Waals surface area contributed by atoms with Gasteiger partial charge in [-0.2, -0.15) is 0 Å². The molecule has 1 aliphatic carbocycles. The van der Waals surface area contributed by atoms with E-state index >= 15 is 0 Å². The Morgan fingerprint density at radius 2 is 1.11 bits per heavy atom. The minimum atomic E-state index is -0.0931. The quantitative estimate of drug-likeness (QED) is 0.204. The van der Waals surface area contributed by atoms with Gasteiger partial charge in [0, 0.05) is 38.6 Å². The molecule has 0 atom stereocenters. The van der Waals surface area contributed by atoms with Gasteiger partial charge in [0.1, 0.15) is 0 Å². The molecule has 6 aromatic carbocycles. The Labute approximate surface area is 268 Å². The Hall–Kier alpha value is -5.80. The van der Waals surface area contributed by atoms with Crippen molar-refractivity contribution in [2.24, 2.45) is 0 Å². The first-order valence-corrected chi connectivity index (χ1v) is 15.9. The molecule has 9 rings (SSSR count). The van der Waals surface area contributed by atoms with Crippen LogP contribution in [0.15, 0.2) is 152 Å². The number of rotatable bonds is 4. The molecule has 0 bridgehead atoms. The van der Waals surface area contributed by atoms with Crippen molar-refractivity contribution in [1.82, 2.24) is 14.5 Å². The normalized spacial score (nSPS) is 13.2. The predicted octanol–water partition coefficient (Wildman–Crippen LogP) is 10.9. The molecule has 0 saturated heterocycles. The molecule has 218 valence electrons. The maximum absolute atomic E-state index is 5.05. The number of nitrogens with zero attached hydrogens (tertiary/aromatic N) is 3. The monoisotopic (exact) mass is 589 g/mol. The maximum Gasteiger partial charge on any atom is 0.160 e. The van der Waals surface area contributed by atoms with Crippen LogP contribution in [0, 0.1) is 0 Å². The van der Waals surface area contributed by atoms with Gasteiger partial charge in [-0.05, 0) is 52.6 Å². The van der Waals surface area contributed by atoms with Crippen molar-refractivity contribution in [3.8, 4) is 50.7 Å². The van der Waals surface area contributed by atoms with Gasteiger partial charge in [-0.25, -0.2) is 9.97 Å². The van der Waals surface area contributed by atoms with Crippen molar-refractivity contribution in [1.29, 1.82) is 0 Å². The van der Waals surface area contributed by atoms with E-state index in [0.717, 1.165) is 39.6 Å². The fourth-order valence-corrected chi connectivity index (χ4v) is 7.46. The molecule has 0 aliphatic heterocycles. The smallest absolute Gasteiger partial charge is 0.160 e. The number of hydrogen-bond acceptors (Lipinski definition) is 2. The lowest BCUT2D eigenvalue weighted by Gasteiger charge is -2.22. The molecule has 0 radical (unpaired) electrons. The zero-order valence-corrected chi connectivity index (χ0v) is 25.8. The standard InChI is InChI=1S/C43H31N3/c1-43(2)35-19-11-9-17-32(35)33-25-26-39-40(41(33)43)34-18-10-12-20-38(34)46(39)31-23-21-29(22-24-31)37-27-36(28-13-5-3-6-14-28)44-42(45-37)30-15-7-4-8-16-30/h3-27H,1-2H3. The van der Waals surface area contributed by atoms with Crippen LogP contribution in [0.1, 0.15) is 25.0 Å². The third-order valence-corrected chi connectivity index (χ3v) is 9.60. The molecule has 3 heteroatoms. The van der Waals surface area contributed by atoms with Gasteiger partial charge in [0.2, 0.25) is 0 Å². The molecule has 2 heterocycles. The van der Waals surface area contributed by atoms with Gasteiger partial charge in [0.05, 0.1) is 22.4 Å². The second-order valence-electron chi connectivity index (χ2n) is 12.6. The third-order valence-electron chi connectivity index (χ3n) is 9.60. The minimum Gasteiger partial charge on any atom is -0.309 e. The average Bonchev–Trinajstić information content (AvgIpc) is 3.57. The zero-order valence-electron chi connectivity index (χ0n) is 25.8. The van der Waals surface area contributed by atoms with E-state index in [4.69, 9.17) is 9.97 Å². The molecule has 0 unspecified atom stereocenters. The molecule has 0 amide bonds. The van der Waals surface area contributed by atoms with E-state index in [-0.39, 0.29) is 5.41 Å². The van der Waals surface area contributed by atoms with E-state index in [1.165, 1.54) is 44.1 Å². The molecule has 3 nitrogen and oxygen atoms in total. The highest BCUT2D eigenvalue weighted by Gasteiger charge is 2.37. The summed E-state index contributed by atoms with van der Waals surface area (Å²) >= 11 is 0. The molecule has 2 aromatic heterocycles. The number of para-hydroxylation sites is 1. The topological polar surface area (TPSA) is 30.7 Å². The molecular weight excluding hydrogens is 558 g/mol. The Balaban J connectivity index is 1.21. The molecule has 1 aliphatic rings. The summed E-state index contributed by atoms with van der Waals surface area (Å²) in [5, 5.41) is 2.63. The SMILES string of the molecule is CC1(C)c2ccccc2-c2ccc3c(c21)c1ccccc1n3-c1ccc(-c2cc(-c3ccccc3)nc(-c3ccccc3)n2)cc1. The van der Waals surface area contributed by atoms with E-state index < -0.39 is 0 Å². The lowest BCUT2D eigenvalue weighted by Crippen LogP contribution is -2.15. The van der Waals surface area contributed by atoms with Crippen LogP contribution in [0.2, 0.25) is 0 Å². The zero-order chi connectivity index (χ0) is 30.8. The lowest BCUT2D eigenvalue weighted by molar-refractivity contribution is 0.666. The Bertz CT molecular complexity index is 2360. The largest absolute Gasteiger partial charge is 0.309 e. The van der Waals surface area contributed by atoms with E-state index in [2.05, 4.69) is 146 Å². The van der Waals surface area contributed by atoms with Crippen molar-refractivity contribution in [3.05, 3.63) is 163 Å². The van der Waals surface area contributed by atoms with Crippen molar-refractivity contribution < 1.29 is 0 Å². The van der Waals surface area contributed by atoms with Gasteiger partial charge in [-0.1, -0.05) is 135 Å². The Morgan fingerprint density at radius 3 is 1.85 bits per heavy atom. The van der Waals surface area contributed by atoms with Crippen LogP contribution in [0.3, 0.4) is 0 Å². The average molecular weight is 590 g/mol. The van der Waals surface area contributed by atoms with E-state index in [9.17, 15) is 0 Å². The van der Waals surface area contributed by atoms with Gasteiger partial charge < -0.3 is 4.57 Å². The first-order valence-electron chi connectivity index (χ1n) is 15.9. The molecule has 8 aromatic rings. The van der Waals surface area contributed by atoms with E-state index in [0.29, 0.717) is 0 Å². The van der Waals surface area contributed by atoms with Crippen LogP contribution in [-0.2, 0) is 5.41 Å². The van der Waals surface area contributed by atoms with Gasteiger partial charge in [0.15, 0.2) is 5.82 Å². The maximum atomic E-state index is 5.05. The molecule has 0 saturated carbocycles. The van der Waals surface area contributed by atoms with Gasteiger partial charge >= 0.3 is 0 Å². The second-order valence-corrected chi connectivity index (χ2v) is 12.6. The van der Waals surface area contributed by atoms with Crippen molar-refractivity contribution in [2.45, 2.75) is 19.3 Å². The highest BCUT2D eigenvalue weighted by molar-refractivity contribution is 6.14. The summed E-state index contributed by atoms with van der Waals surface area (Å²) in [4.78, 5) is 10.0. The summed E-state index contributed by atoms with van der Waals surface area (Å²) in [6, 6.07) is 53.8. The summed E-state index contributed by atoms with van der Waals surface area (Å²) in [5.74, 6) is 0.723. The number of fused-ring (bicyclic) bond motifs is 7. The van der Waals surface area contributed by atoms with Gasteiger partial charge in [-0.3, -0.25) is 0 Å². The van der Waals surface area contributed by atoms with Crippen LogP contribution in [-0.4, -0.2) is 14.5 Å². The summed E-state index contributed by atoms with van der Waals surface area (Å²) in [6.45, 7) is 4.74. The van der Waals surface area contributed by atoms with Gasteiger partial charge in [0.25, 0.3) is 0 Å². The number of hydrogen-bond donors (Lipinski definition) is 0. The third kappa shape index (κ3) is 3.98. The first-order chi connectivity index (χ1) is 22.6. The van der Waals surface area contributed by atoms with Crippen LogP contribution >= 0.6 is 0 Å². The van der Waals surface area contributed by atoms with Crippen molar-refractivity contribution in [3.63, 3.8) is 0 Å². The number of benzene rings is 6. The van der Waals surface area contributed by atoms with Crippen molar-refractivity contribution >= 4 is 21.8 Å². The first kappa shape index (κ1) is 26.6. The molecule has 0 spiro atoms. The fraction of sp³-hybridized carbons (Fsp3) is 0.0698. The van der Waals surface area contributed by atoms with E-state index in [1.54, 1.807) is 0 Å². The molecular formula is C43H31N3. The Morgan fingerprint density at radius 1 is 0.500 bits per heavy atom. The highest BCUT2D eigenvalue weighted by atomic mass is 15.0. The lowest BCUT2D eigenvalue weighted by atomic mass is 9.80. The molecule has 0 N–H and O–H groups in total. The summed E-state index contributed by atoms with van der Waals surface area (Å²) in [7, 11) is 0. The van der Waals surface area contributed by atoms with Crippen molar-refractivity contribution in [2.75, 3.05) is 0 Å². The van der Waals surface area contributed by atoms with Crippen LogP contribution in [0.25, 0.3) is 72.5 Å². The van der Waals surface area contributed by atoms with Crippen LogP contribution in [0.5, 0.6) is 0 Å². The molecule has 0 fully saturated rings. The molecule has 46 heavy (non-hydrogen) atoms.